The van der Waals surface area contributed by atoms with Crippen LogP contribution in [0.2, 0.25) is 5.02 Å². The number of allylic oxidation sites excluding steroid dienone is 1. The van der Waals surface area contributed by atoms with E-state index in [-0.39, 0.29) is 42.3 Å². The number of carbonyl (C=O) groups excluding carboxylic acids is 6. The Morgan fingerprint density at radius 2 is 1.47 bits per heavy atom. The fourth-order valence-corrected chi connectivity index (χ4v) is 7.63. The Hall–Kier alpha value is -7.13. The summed E-state index contributed by atoms with van der Waals surface area (Å²) in [5, 5.41) is 17.9. The number of aromatic hydroxyl groups is 1. The van der Waals surface area contributed by atoms with Gasteiger partial charge in [-0.2, -0.15) is 0 Å². The van der Waals surface area contributed by atoms with Crippen LogP contribution in [0.3, 0.4) is 0 Å². The average molecular weight is 922 g/mol. The largest absolute Gasteiger partial charge is 0.508 e. The molecule has 0 saturated carbocycles. The summed E-state index contributed by atoms with van der Waals surface area (Å²) in [6.45, 7) is 1.37. The molecule has 66 heavy (non-hydrogen) atoms. The number of carbonyl (C=O) groups is 6. The number of unbranched alkanes of at least 4 members (excludes halogenated alkanes) is 1. The van der Waals surface area contributed by atoms with Crippen molar-refractivity contribution in [2.45, 2.75) is 63.2 Å². The van der Waals surface area contributed by atoms with Crippen molar-refractivity contribution in [2.24, 2.45) is 0 Å². The molecular weight excluding hydrogens is 866 g/mol. The van der Waals surface area contributed by atoms with Gasteiger partial charge in [0.1, 0.15) is 36.5 Å². The molecule has 1 aliphatic rings. The van der Waals surface area contributed by atoms with Crippen LogP contribution in [0.15, 0.2) is 103 Å². The van der Waals surface area contributed by atoms with E-state index in [0.29, 0.717) is 22.4 Å². The van der Waals surface area contributed by atoms with Crippen LogP contribution in [0.1, 0.15) is 47.6 Å². The fourth-order valence-electron chi connectivity index (χ4n) is 7.31. The van der Waals surface area contributed by atoms with E-state index in [0.717, 1.165) is 24.0 Å². The van der Waals surface area contributed by atoms with Crippen molar-refractivity contribution in [1.82, 2.24) is 25.8 Å². The van der Waals surface area contributed by atoms with Gasteiger partial charge in [0, 0.05) is 39.4 Å². The number of phenolic OH excluding ortho intramolecular Hbond substituents is 1. The molecule has 1 unspecified atom stereocenters. The number of hydrogen-bond donors (Lipinski definition) is 4. The first-order valence-electron chi connectivity index (χ1n) is 21.5. The number of esters is 1. The lowest BCUT2D eigenvalue weighted by molar-refractivity contribution is -0.158. The number of amides is 5. The number of benzene rings is 4. The standard InChI is InChI=1S/C50H56ClN5O10/c1-6-7-9-16-34-17-12-13-18-35(34)22-26-43(58)53-38(27-33-19-23-37(57)24-20-33)48(61)55(2)40(29-36-21-25-42(64-4)46(65-5)45(36)51)49(62)56(3)41(28-32-14-10-8-11-15-32)50(63)66-31-39-47(60)52-30-44(59)54-39/h8-26,38-41,57H,6-7,27-31H2,1-5H3,(H,52,60)(H,53,58)(H,54,59)/b16-9-,26-22+/t38-,39?,40-,41-/m0/s1. The number of piperazine rings is 1. The van der Waals surface area contributed by atoms with Crippen molar-refractivity contribution in [1.29, 1.82) is 0 Å². The van der Waals surface area contributed by atoms with Crippen LogP contribution < -0.4 is 25.4 Å². The Balaban J connectivity index is 1.51. The second kappa shape index (κ2) is 24.2. The second-order valence-electron chi connectivity index (χ2n) is 15.7. The summed E-state index contributed by atoms with van der Waals surface area (Å²) in [6.07, 6.45) is 8.69. The SMILES string of the molecule is CCC/C=C\c1ccccc1/C=C/C(=O)N[C@@H](Cc1ccc(O)cc1)C(=O)N(C)[C@@H](Cc1ccc(OC)c(OC)c1Cl)C(=O)N(C)[C@@H](Cc1ccccc1)C(=O)OCC1NC(=O)CNC1=O. The van der Waals surface area contributed by atoms with Gasteiger partial charge in [-0.1, -0.05) is 110 Å². The van der Waals surface area contributed by atoms with Gasteiger partial charge in [-0.25, -0.2) is 4.79 Å². The molecular formula is C50H56ClN5O10. The van der Waals surface area contributed by atoms with Crippen molar-refractivity contribution < 1.29 is 48.1 Å². The van der Waals surface area contributed by atoms with Gasteiger partial charge < -0.3 is 45.1 Å². The van der Waals surface area contributed by atoms with Crippen LogP contribution in [0.4, 0.5) is 0 Å². The highest BCUT2D eigenvalue weighted by atomic mass is 35.5. The van der Waals surface area contributed by atoms with E-state index in [1.54, 1.807) is 60.7 Å². The summed E-state index contributed by atoms with van der Waals surface area (Å²) in [6, 6.07) is 20.9. The predicted molar refractivity (Wildman–Crippen MR) is 251 cm³/mol. The van der Waals surface area contributed by atoms with Gasteiger partial charge in [0.25, 0.3) is 0 Å². The third kappa shape index (κ3) is 13.5. The number of phenols is 1. The molecule has 1 aliphatic heterocycles. The van der Waals surface area contributed by atoms with E-state index in [1.165, 1.54) is 56.3 Å². The molecule has 1 heterocycles. The molecule has 0 aliphatic carbocycles. The van der Waals surface area contributed by atoms with Gasteiger partial charge in [0.05, 0.1) is 25.8 Å². The molecule has 1 fully saturated rings. The van der Waals surface area contributed by atoms with E-state index in [9.17, 15) is 29.1 Å². The van der Waals surface area contributed by atoms with Gasteiger partial charge in [-0.3, -0.25) is 24.0 Å². The second-order valence-corrected chi connectivity index (χ2v) is 16.0. The van der Waals surface area contributed by atoms with Crippen molar-refractivity contribution in [3.05, 3.63) is 136 Å². The molecule has 0 spiro atoms. The predicted octanol–water partition coefficient (Wildman–Crippen LogP) is 4.91. The number of rotatable bonds is 21. The van der Waals surface area contributed by atoms with Crippen LogP contribution in [-0.4, -0.2) is 116 Å². The topological polar surface area (TPSA) is 193 Å². The fraction of sp³-hybridized carbons (Fsp3) is 0.320. The molecule has 5 amide bonds. The number of ether oxygens (including phenoxy) is 3. The summed E-state index contributed by atoms with van der Waals surface area (Å²) in [4.78, 5) is 84.8. The first kappa shape index (κ1) is 49.9. The lowest BCUT2D eigenvalue weighted by atomic mass is 9.98. The van der Waals surface area contributed by atoms with Gasteiger partial charge in [-0.05, 0) is 58.5 Å². The molecule has 4 aromatic rings. The minimum atomic E-state index is -1.36. The number of methoxy groups -OCH3 is 2. The minimum absolute atomic E-state index is 0.00760. The Labute approximate surface area is 389 Å². The molecule has 16 heteroatoms. The lowest BCUT2D eigenvalue weighted by Gasteiger charge is -2.36. The molecule has 0 radical (unpaired) electrons. The van der Waals surface area contributed by atoms with Gasteiger partial charge in [0.2, 0.25) is 29.5 Å². The van der Waals surface area contributed by atoms with Crippen LogP contribution >= 0.6 is 11.6 Å². The smallest absolute Gasteiger partial charge is 0.329 e. The number of nitrogens with one attached hydrogen (secondary N) is 3. The highest BCUT2D eigenvalue weighted by Gasteiger charge is 2.39. The summed E-state index contributed by atoms with van der Waals surface area (Å²) in [5.74, 6) is -3.26. The lowest BCUT2D eigenvalue weighted by Crippen LogP contribution is -2.59. The molecule has 1 saturated heterocycles. The van der Waals surface area contributed by atoms with Crippen LogP contribution in [0, 0.1) is 0 Å². The number of nitrogens with zero attached hydrogens (tertiary/aromatic N) is 2. The van der Waals surface area contributed by atoms with Gasteiger partial charge in [-0.15, -0.1) is 0 Å². The minimum Gasteiger partial charge on any atom is -0.508 e. The molecule has 5 rings (SSSR count). The molecule has 0 aromatic heterocycles. The maximum Gasteiger partial charge on any atom is 0.329 e. The summed E-state index contributed by atoms with van der Waals surface area (Å²) >= 11 is 6.89. The van der Waals surface area contributed by atoms with Gasteiger partial charge >= 0.3 is 5.97 Å². The maximum atomic E-state index is 15.1. The monoisotopic (exact) mass is 921 g/mol. The molecule has 4 atom stereocenters. The Kier molecular flexibility index (Phi) is 18.3. The van der Waals surface area contributed by atoms with Crippen LogP contribution in [-0.2, 0) is 52.8 Å². The number of likely N-dealkylation sites (N-methyl/N-ethyl adjacent to an activating group) is 2. The van der Waals surface area contributed by atoms with E-state index in [4.69, 9.17) is 25.8 Å². The van der Waals surface area contributed by atoms with Crippen LogP contribution in [0.5, 0.6) is 17.2 Å². The van der Waals surface area contributed by atoms with E-state index in [1.807, 2.05) is 30.3 Å². The Morgan fingerprint density at radius 1 is 0.818 bits per heavy atom. The van der Waals surface area contributed by atoms with Crippen LogP contribution in [0.25, 0.3) is 12.2 Å². The van der Waals surface area contributed by atoms with Crippen molar-refractivity contribution in [3.8, 4) is 17.2 Å². The summed E-state index contributed by atoms with van der Waals surface area (Å²) in [7, 11) is 5.69. The van der Waals surface area contributed by atoms with E-state index in [2.05, 4.69) is 29.0 Å². The van der Waals surface area contributed by atoms with Gasteiger partial charge in [0.15, 0.2) is 11.5 Å². The molecule has 15 nitrogen and oxygen atoms in total. The normalized spacial score (nSPS) is 15.0. The first-order valence-corrected chi connectivity index (χ1v) is 21.8. The highest BCUT2D eigenvalue weighted by Crippen LogP contribution is 2.38. The number of halogens is 1. The summed E-state index contributed by atoms with van der Waals surface area (Å²) < 4.78 is 16.6. The van der Waals surface area contributed by atoms with Crippen molar-refractivity contribution >= 4 is 59.3 Å². The Bertz CT molecular complexity index is 2410. The quantitative estimate of drug-likeness (QED) is 0.0660. The first-order chi connectivity index (χ1) is 31.7. The zero-order chi connectivity index (χ0) is 47.8. The third-order valence-electron chi connectivity index (χ3n) is 11.1. The molecule has 348 valence electrons. The maximum absolute atomic E-state index is 15.1. The zero-order valence-corrected chi connectivity index (χ0v) is 38.4. The van der Waals surface area contributed by atoms with Crippen molar-refractivity contribution in [2.75, 3.05) is 41.5 Å². The Morgan fingerprint density at radius 3 is 2.14 bits per heavy atom. The third-order valence-corrected chi connectivity index (χ3v) is 11.5. The highest BCUT2D eigenvalue weighted by molar-refractivity contribution is 6.33. The number of hydrogen-bond acceptors (Lipinski definition) is 10. The molecule has 4 aromatic carbocycles. The molecule has 4 N–H and O–H groups in total. The zero-order valence-electron chi connectivity index (χ0n) is 37.6. The van der Waals surface area contributed by atoms with E-state index < -0.39 is 66.3 Å². The molecule has 0 bridgehead atoms. The van der Waals surface area contributed by atoms with E-state index >= 15 is 4.79 Å². The van der Waals surface area contributed by atoms with Crippen molar-refractivity contribution in [3.63, 3.8) is 0 Å². The average Bonchev–Trinajstić information content (AvgIpc) is 3.32. The summed E-state index contributed by atoms with van der Waals surface area (Å²) in [5.41, 5.74) is 3.37.